The second-order valence-corrected chi connectivity index (χ2v) is 5.79. The molecule has 0 bridgehead atoms. The third-order valence-electron chi connectivity index (χ3n) is 3.97. The van der Waals surface area contributed by atoms with Crippen LogP contribution < -0.4 is 10.9 Å². The van der Waals surface area contributed by atoms with Gasteiger partial charge in [-0.3, -0.25) is 9.59 Å². The number of aryl methyl sites for hydroxylation is 1. The molecule has 3 aromatic rings. The van der Waals surface area contributed by atoms with Gasteiger partial charge in [0.25, 0.3) is 5.91 Å². The third-order valence-corrected chi connectivity index (χ3v) is 3.97. The number of hydrogen-bond acceptors (Lipinski definition) is 4. The van der Waals surface area contributed by atoms with E-state index in [0.29, 0.717) is 5.56 Å². The molecule has 1 amide bonds. The van der Waals surface area contributed by atoms with Gasteiger partial charge < -0.3 is 5.32 Å². The predicted octanol–water partition coefficient (Wildman–Crippen LogP) is 2.09. The van der Waals surface area contributed by atoms with Gasteiger partial charge in [0.15, 0.2) is 0 Å². The maximum Gasteiger partial charge on any atom is 0.320 e. The number of carbonyl (C=O) groups is 1. The normalized spacial score (nSPS) is 11.0. The highest BCUT2D eigenvalue weighted by molar-refractivity contribution is 5.91. The molecular weight excluding hydrogens is 349 g/mol. The summed E-state index contributed by atoms with van der Waals surface area (Å²) in [5, 5.41) is 12.5. The average molecular weight is 367 g/mol. The molecule has 0 spiro atoms. The fourth-order valence-corrected chi connectivity index (χ4v) is 2.38. The first-order chi connectivity index (χ1) is 13.1. The van der Waals surface area contributed by atoms with E-state index in [9.17, 15) is 14.0 Å². The predicted molar refractivity (Wildman–Crippen MR) is 99.2 cm³/mol. The zero-order valence-electron chi connectivity index (χ0n) is 14.6. The summed E-state index contributed by atoms with van der Waals surface area (Å²) in [4.78, 5) is 25.2. The number of rotatable bonds is 6. The average Bonchev–Trinajstić information content (AvgIpc) is 3.06. The Morgan fingerprint density at radius 1 is 1.26 bits per heavy atom. The Labute approximate surface area is 154 Å². The number of aromatic nitrogens is 3. The summed E-state index contributed by atoms with van der Waals surface area (Å²) in [6.07, 6.45) is 2.42. The van der Waals surface area contributed by atoms with Crippen molar-refractivity contribution in [3.63, 3.8) is 0 Å². The largest absolute Gasteiger partial charge is 0.346 e. The number of aromatic amines is 1. The summed E-state index contributed by atoms with van der Waals surface area (Å²) in [5.41, 5.74) is 1.28. The van der Waals surface area contributed by atoms with Crippen molar-refractivity contribution in [2.24, 2.45) is 5.10 Å². The summed E-state index contributed by atoms with van der Waals surface area (Å²) in [7, 11) is 0. The number of halogens is 1. The van der Waals surface area contributed by atoms with Crippen LogP contribution in [0.15, 0.2) is 58.4 Å². The van der Waals surface area contributed by atoms with E-state index in [1.807, 2.05) is 24.3 Å². The molecule has 0 unspecified atom stereocenters. The van der Waals surface area contributed by atoms with Gasteiger partial charge in [0, 0.05) is 12.1 Å². The zero-order valence-corrected chi connectivity index (χ0v) is 14.6. The van der Waals surface area contributed by atoms with E-state index >= 15 is 0 Å². The van der Waals surface area contributed by atoms with E-state index in [4.69, 9.17) is 0 Å². The Morgan fingerprint density at radius 3 is 2.70 bits per heavy atom. The molecule has 0 saturated carbocycles. The summed E-state index contributed by atoms with van der Waals surface area (Å²) >= 11 is 0. The molecule has 0 radical (unpaired) electrons. The van der Waals surface area contributed by atoms with Gasteiger partial charge in [-0.05, 0) is 23.6 Å². The molecule has 8 heteroatoms. The van der Waals surface area contributed by atoms with Crippen LogP contribution in [0.2, 0.25) is 0 Å². The van der Waals surface area contributed by atoms with Gasteiger partial charge in [0.1, 0.15) is 5.82 Å². The number of nitrogens with zero attached hydrogens (tertiary/aromatic N) is 3. The van der Waals surface area contributed by atoms with Crippen LogP contribution in [0.3, 0.4) is 0 Å². The second kappa shape index (κ2) is 8.22. The molecule has 7 nitrogen and oxygen atoms in total. The molecule has 1 aromatic heterocycles. The van der Waals surface area contributed by atoms with Crippen molar-refractivity contribution in [1.82, 2.24) is 20.4 Å². The molecule has 138 valence electrons. The van der Waals surface area contributed by atoms with Crippen LogP contribution in [-0.4, -0.2) is 27.2 Å². The SMILES string of the molecule is CCc1ccc(C=Nn2[nH]nc(C(=O)NCc3ccccc3F)c2=O)cc1. The smallest absolute Gasteiger partial charge is 0.320 e. The lowest BCUT2D eigenvalue weighted by atomic mass is 10.1. The fraction of sp³-hybridized carbons (Fsp3) is 0.158. The van der Waals surface area contributed by atoms with Gasteiger partial charge in [-0.2, -0.15) is 10.3 Å². The maximum atomic E-state index is 13.6. The molecule has 2 aromatic carbocycles. The first-order valence-electron chi connectivity index (χ1n) is 8.41. The number of benzene rings is 2. The van der Waals surface area contributed by atoms with Crippen molar-refractivity contribution >= 4 is 12.1 Å². The molecule has 1 heterocycles. The van der Waals surface area contributed by atoms with E-state index in [-0.39, 0.29) is 12.2 Å². The molecule has 0 atom stereocenters. The van der Waals surface area contributed by atoms with Crippen molar-refractivity contribution in [2.75, 3.05) is 0 Å². The molecular formula is C19H18FN5O2. The van der Waals surface area contributed by atoms with E-state index in [1.165, 1.54) is 17.8 Å². The van der Waals surface area contributed by atoms with Gasteiger partial charge in [-0.1, -0.05) is 49.4 Å². The molecule has 0 aliphatic rings. The van der Waals surface area contributed by atoms with Crippen LogP contribution in [0.5, 0.6) is 0 Å². The number of nitrogens with one attached hydrogen (secondary N) is 2. The Morgan fingerprint density at radius 2 is 2.00 bits per heavy atom. The van der Waals surface area contributed by atoms with Crippen LogP contribution in [-0.2, 0) is 13.0 Å². The van der Waals surface area contributed by atoms with Crippen LogP contribution in [0.4, 0.5) is 4.39 Å². The minimum Gasteiger partial charge on any atom is -0.346 e. The standard InChI is InChI=1S/C19H18FN5O2/c1-2-13-7-9-14(10-8-13)11-22-25-19(27)17(23-24-25)18(26)21-12-15-5-3-4-6-16(15)20/h3-11,24H,2,12H2,1H3,(H,21,26). The van der Waals surface area contributed by atoms with E-state index < -0.39 is 17.3 Å². The number of carbonyl (C=O) groups excluding carboxylic acids is 1. The number of hydrogen-bond donors (Lipinski definition) is 2. The number of H-pyrrole nitrogens is 1. The highest BCUT2D eigenvalue weighted by Crippen LogP contribution is 2.06. The lowest BCUT2D eigenvalue weighted by Crippen LogP contribution is -2.29. The molecule has 0 saturated heterocycles. The molecule has 3 rings (SSSR count). The molecule has 27 heavy (non-hydrogen) atoms. The van der Waals surface area contributed by atoms with Crippen LogP contribution in [0.1, 0.15) is 34.1 Å². The first kappa shape index (κ1) is 18.2. The van der Waals surface area contributed by atoms with E-state index in [1.54, 1.807) is 18.2 Å². The lowest BCUT2D eigenvalue weighted by Gasteiger charge is -2.03. The van der Waals surface area contributed by atoms with Crippen molar-refractivity contribution in [1.29, 1.82) is 0 Å². The van der Waals surface area contributed by atoms with E-state index in [0.717, 1.165) is 16.8 Å². The summed E-state index contributed by atoms with van der Waals surface area (Å²) in [5.74, 6) is -1.14. The fourth-order valence-electron chi connectivity index (χ4n) is 2.38. The molecule has 2 N–H and O–H groups in total. The Hall–Kier alpha value is -3.55. The highest BCUT2D eigenvalue weighted by Gasteiger charge is 2.16. The van der Waals surface area contributed by atoms with Gasteiger partial charge in [0.05, 0.1) is 6.21 Å². The Bertz CT molecular complexity index is 1020. The monoisotopic (exact) mass is 367 g/mol. The maximum absolute atomic E-state index is 13.6. The minimum absolute atomic E-state index is 0.0507. The molecule has 0 aliphatic heterocycles. The lowest BCUT2D eigenvalue weighted by molar-refractivity contribution is 0.0944. The van der Waals surface area contributed by atoms with Crippen molar-refractivity contribution < 1.29 is 9.18 Å². The topological polar surface area (TPSA) is 92.1 Å². The third kappa shape index (κ3) is 4.35. The number of amides is 1. The zero-order chi connectivity index (χ0) is 19.2. The summed E-state index contributed by atoms with van der Waals surface area (Å²) < 4.78 is 13.6. The van der Waals surface area contributed by atoms with Gasteiger partial charge in [-0.15, -0.1) is 9.89 Å². The van der Waals surface area contributed by atoms with Gasteiger partial charge in [-0.25, -0.2) is 4.39 Å². The van der Waals surface area contributed by atoms with E-state index in [2.05, 4.69) is 27.7 Å². The van der Waals surface area contributed by atoms with Gasteiger partial charge in [0.2, 0.25) is 5.69 Å². The van der Waals surface area contributed by atoms with Crippen LogP contribution >= 0.6 is 0 Å². The van der Waals surface area contributed by atoms with Crippen LogP contribution in [0.25, 0.3) is 0 Å². The van der Waals surface area contributed by atoms with Crippen LogP contribution in [0, 0.1) is 5.82 Å². The minimum atomic E-state index is -0.708. The quantitative estimate of drug-likeness (QED) is 0.654. The first-order valence-corrected chi connectivity index (χ1v) is 8.41. The Balaban J connectivity index is 1.68. The molecule has 0 fully saturated rings. The van der Waals surface area contributed by atoms with Crippen molar-refractivity contribution in [3.8, 4) is 0 Å². The summed E-state index contributed by atoms with van der Waals surface area (Å²) in [6.45, 7) is 2.01. The summed E-state index contributed by atoms with van der Waals surface area (Å²) in [6, 6.07) is 13.8. The second-order valence-electron chi connectivity index (χ2n) is 5.79. The molecule has 0 aliphatic carbocycles. The van der Waals surface area contributed by atoms with Gasteiger partial charge >= 0.3 is 5.56 Å². The highest BCUT2D eigenvalue weighted by atomic mass is 19.1. The van der Waals surface area contributed by atoms with Crippen molar-refractivity contribution in [2.45, 2.75) is 19.9 Å². The Kier molecular flexibility index (Phi) is 5.55. The van der Waals surface area contributed by atoms with Crippen molar-refractivity contribution in [3.05, 3.63) is 87.1 Å².